The zero-order chi connectivity index (χ0) is 17.5. The van der Waals surface area contributed by atoms with Crippen molar-refractivity contribution >= 4 is 17.3 Å². The summed E-state index contributed by atoms with van der Waals surface area (Å²) in [6.07, 6.45) is 2.59. The fraction of sp³-hybridized carbons (Fsp3) is 0.143. The largest absolute Gasteiger partial charge is 0.355 e. The predicted molar refractivity (Wildman–Crippen MR) is 101 cm³/mol. The number of hydrogen-bond acceptors (Lipinski definition) is 3. The van der Waals surface area contributed by atoms with Gasteiger partial charge in [-0.25, -0.2) is 0 Å². The second-order valence-corrected chi connectivity index (χ2v) is 5.73. The van der Waals surface area contributed by atoms with Crippen molar-refractivity contribution in [1.29, 1.82) is 0 Å². The van der Waals surface area contributed by atoms with Gasteiger partial charge in [0, 0.05) is 24.1 Å². The highest BCUT2D eigenvalue weighted by molar-refractivity contribution is 5.93. The predicted octanol–water partition coefficient (Wildman–Crippen LogP) is 4.32. The van der Waals surface area contributed by atoms with Gasteiger partial charge in [0.15, 0.2) is 0 Å². The van der Waals surface area contributed by atoms with Gasteiger partial charge in [-0.1, -0.05) is 55.5 Å². The minimum absolute atomic E-state index is 0.184. The summed E-state index contributed by atoms with van der Waals surface area (Å²) in [5.41, 5.74) is 4.58. The van der Waals surface area contributed by atoms with Crippen LogP contribution in [0.25, 0.3) is 0 Å². The Hall–Kier alpha value is -3.14. The van der Waals surface area contributed by atoms with Crippen molar-refractivity contribution in [2.45, 2.75) is 19.9 Å². The molecule has 4 heteroatoms. The van der Waals surface area contributed by atoms with Crippen LogP contribution in [-0.4, -0.2) is 10.9 Å². The molecule has 25 heavy (non-hydrogen) atoms. The van der Waals surface area contributed by atoms with E-state index in [0.29, 0.717) is 12.2 Å². The lowest BCUT2D eigenvalue weighted by molar-refractivity contribution is 0.0946. The SMILES string of the molecule is CCc1ccccc1Nc1ccnc(C(=O)NCc2ccccc2)c1. The molecular weight excluding hydrogens is 310 g/mol. The molecule has 3 aromatic rings. The average Bonchev–Trinajstić information content (AvgIpc) is 2.67. The van der Waals surface area contributed by atoms with Crippen molar-refractivity contribution in [3.63, 3.8) is 0 Å². The van der Waals surface area contributed by atoms with Crippen molar-refractivity contribution < 1.29 is 4.79 Å². The maximum Gasteiger partial charge on any atom is 0.270 e. The average molecular weight is 331 g/mol. The van der Waals surface area contributed by atoms with Gasteiger partial charge in [0.25, 0.3) is 5.91 Å². The highest BCUT2D eigenvalue weighted by Crippen LogP contribution is 2.21. The molecule has 0 aliphatic carbocycles. The Morgan fingerprint density at radius 1 is 1.00 bits per heavy atom. The number of amides is 1. The number of aryl methyl sites for hydroxylation is 1. The topological polar surface area (TPSA) is 54.0 Å². The molecule has 126 valence electrons. The van der Waals surface area contributed by atoms with Gasteiger partial charge in [-0.3, -0.25) is 9.78 Å². The van der Waals surface area contributed by atoms with E-state index < -0.39 is 0 Å². The Morgan fingerprint density at radius 2 is 1.76 bits per heavy atom. The number of benzene rings is 2. The van der Waals surface area contributed by atoms with Crippen LogP contribution in [0.2, 0.25) is 0 Å². The Kier molecular flexibility index (Phi) is 5.42. The van der Waals surface area contributed by atoms with Crippen LogP contribution in [-0.2, 0) is 13.0 Å². The fourth-order valence-electron chi connectivity index (χ4n) is 2.61. The summed E-state index contributed by atoms with van der Waals surface area (Å²) in [6, 6.07) is 21.6. The number of hydrogen-bond donors (Lipinski definition) is 2. The Bertz CT molecular complexity index is 847. The van der Waals surface area contributed by atoms with E-state index in [0.717, 1.165) is 23.4 Å². The van der Waals surface area contributed by atoms with Crippen molar-refractivity contribution in [2.24, 2.45) is 0 Å². The lowest BCUT2D eigenvalue weighted by Crippen LogP contribution is -2.23. The first-order valence-electron chi connectivity index (χ1n) is 8.39. The summed E-state index contributed by atoms with van der Waals surface area (Å²) in [5, 5.41) is 6.27. The fourth-order valence-corrected chi connectivity index (χ4v) is 2.61. The minimum Gasteiger partial charge on any atom is -0.355 e. The van der Waals surface area contributed by atoms with Gasteiger partial charge in [-0.15, -0.1) is 0 Å². The molecule has 0 aliphatic rings. The first-order valence-corrected chi connectivity index (χ1v) is 8.39. The van der Waals surface area contributed by atoms with Crippen molar-refractivity contribution in [3.05, 3.63) is 89.7 Å². The molecule has 0 aliphatic heterocycles. The van der Waals surface area contributed by atoms with Gasteiger partial charge in [-0.2, -0.15) is 0 Å². The molecule has 0 radical (unpaired) electrons. The zero-order valence-corrected chi connectivity index (χ0v) is 14.2. The van der Waals surface area contributed by atoms with E-state index in [2.05, 4.69) is 28.6 Å². The zero-order valence-electron chi connectivity index (χ0n) is 14.2. The van der Waals surface area contributed by atoms with Gasteiger partial charge in [0.2, 0.25) is 0 Å². The van der Waals surface area contributed by atoms with E-state index in [-0.39, 0.29) is 5.91 Å². The van der Waals surface area contributed by atoms with Crippen LogP contribution in [0.4, 0.5) is 11.4 Å². The van der Waals surface area contributed by atoms with Crippen LogP contribution in [0.3, 0.4) is 0 Å². The smallest absolute Gasteiger partial charge is 0.270 e. The molecule has 1 aromatic heterocycles. The molecular formula is C21H21N3O. The summed E-state index contributed by atoms with van der Waals surface area (Å²) < 4.78 is 0. The van der Waals surface area contributed by atoms with Gasteiger partial charge in [0.05, 0.1) is 0 Å². The minimum atomic E-state index is -0.184. The molecule has 0 spiro atoms. The second-order valence-electron chi connectivity index (χ2n) is 5.73. The number of carbonyl (C=O) groups excluding carboxylic acids is 1. The lowest BCUT2D eigenvalue weighted by Gasteiger charge is -2.11. The van der Waals surface area contributed by atoms with Crippen molar-refractivity contribution in [3.8, 4) is 0 Å². The van der Waals surface area contributed by atoms with Crippen LogP contribution >= 0.6 is 0 Å². The molecule has 0 fully saturated rings. The maximum atomic E-state index is 12.3. The number of carbonyl (C=O) groups is 1. The molecule has 1 amide bonds. The molecule has 2 N–H and O–H groups in total. The first-order chi connectivity index (χ1) is 12.3. The van der Waals surface area contributed by atoms with Gasteiger partial charge < -0.3 is 10.6 Å². The van der Waals surface area contributed by atoms with Gasteiger partial charge in [-0.05, 0) is 35.7 Å². The third-order valence-electron chi connectivity index (χ3n) is 3.97. The van der Waals surface area contributed by atoms with Crippen molar-refractivity contribution in [2.75, 3.05) is 5.32 Å². The number of para-hydroxylation sites is 1. The van der Waals surface area contributed by atoms with Crippen LogP contribution < -0.4 is 10.6 Å². The van der Waals surface area contributed by atoms with E-state index in [1.165, 1.54) is 5.56 Å². The maximum absolute atomic E-state index is 12.3. The highest BCUT2D eigenvalue weighted by atomic mass is 16.1. The number of pyridine rings is 1. The number of rotatable bonds is 6. The highest BCUT2D eigenvalue weighted by Gasteiger charge is 2.08. The van der Waals surface area contributed by atoms with E-state index in [9.17, 15) is 4.79 Å². The van der Waals surface area contributed by atoms with Gasteiger partial charge >= 0.3 is 0 Å². The molecule has 2 aromatic carbocycles. The number of anilines is 2. The van der Waals surface area contributed by atoms with E-state index >= 15 is 0 Å². The lowest BCUT2D eigenvalue weighted by atomic mass is 10.1. The van der Waals surface area contributed by atoms with E-state index in [1.807, 2.05) is 54.6 Å². The Morgan fingerprint density at radius 3 is 2.56 bits per heavy atom. The van der Waals surface area contributed by atoms with Crippen LogP contribution in [0, 0.1) is 0 Å². The molecule has 0 atom stereocenters. The molecule has 0 unspecified atom stereocenters. The Balaban J connectivity index is 1.69. The van der Waals surface area contributed by atoms with Crippen LogP contribution in [0.5, 0.6) is 0 Å². The third kappa shape index (κ3) is 4.44. The molecule has 1 heterocycles. The molecule has 3 rings (SSSR count). The number of aromatic nitrogens is 1. The van der Waals surface area contributed by atoms with E-state index in [4.69, 9.17) is 0 Å². The third-order valence-corrected chi connectivity index (χ3v) is 3.97. The Labute approximate surface area is 147 Å². The van der Waals surface area contributed by atoms with Gasteiger partial charge in [0.1, 0.15) is 5.69 Å². The summed E-state index contributed by atoms with van der Waals surface area (Å²) in [4.78, 5) is 16.5. The first kappa shape index (κ1) is 16.7. The quantitative estimate of drug-likeness (QED) is 0.707. The van der Waals surface area contributed by atoms with Crippen molar-refractivity contribution in [1.82, 2.24) is 10.3 Å². The van der Waals surface area contributed by atoms with Crippen LogP contribution in [0.1, 0.15) is 28.5 Å². The van der Waals surface area contributed by atoms with E-state index in [1.54, 1.807) is 12.3 Å². The summed E-state index contributed by atoms with van der Waals surface area (Å²) in [6.45, 7) is 2.60. The molecule has 0 saturated carbocycles. The number of nitrogens with zero attached hydrogens (tertiary/aromatic N) is 1. The normalized spacial score (nSPS) is 10.3. The molecule has 0 bridgehead atoms. The summed E-state index contributed by atoms with van der Waals surface area (Å²) in [5.74, 6) is -0.184. The monoisotopic (exact) mass is 331 g/mol. The molecule has 0 saturated heterocycles. The summed E-state index contributed by atoms with van der Waals surface area (Å²) in [7, 11) is 0. The molecule has 4 nitrogen and oxygen atoms in total. The standard InChI is InChI=1S/C21H21N3O/c1-2-17-10-6-7-11-19(17)24-18-12-13-22-20(14-18)21(25)23-15-16-8-4-3-5-9-16/h3-14H,2,15H2,1H3,(H,22,24)(H,23,25). The second kappa shape index (κ2) is 8.11. The number of nitrogens with one attached hydrogen (secondary N) is 2. The summed E-state index contributed by atoms with van der Waals surface area (Å²) >= 11 is 0. The van der Waals surface area contributed by atoms with Crippen LogP contribution in [0.15, 0.2) is 72.9 Å².